The summed E-state index contributed by atoms with van der Waals surface area (Å²) in [6.07, 6.45) is 0.424. The van der Waals surface area contributed by atoms with E-state index < -0.39 is 6.10 Å². The highest BCUT2D eigenvalue weighted by Crippen LogP contribution is 2.11. The first-order valence-electron chi connectivity index (χ1n) is 5.84. The zero-order chi connectivity index (χ0) is 12.1. The molecule has 0 bridgehead atoms. The first-order valence-corrected chi connectivity index (χ1v) is 5.84. The smallest absolute Gasteiger partial charge is 0.0814 e. The van der Waals surface area contributed by atoms with E-state index in [1.54, 1.807) is 0 Å². The lowest BCUT2D eigenvalue weighted by molar-refractivity contribution is 0.00620. The number of hydrogen-bond donors (Lipinski definition) is 1. The Hall–Kier alpha value is -0.860. The van der Waals surface area contributed by atoms with Crippen LogP contribution in [0.15, 0.2) is 18.2 Å². The van der Waals surface area contributed by atoms with Crippen molar-refractivity contribution >= 4 is 0 Å². The van der Waals surface area contributed by atoms with Gasteiger partial charge in [-0.3, -0.25) is 0 Å². The van der Waals surface area contributed by atoms with Crippen LogP contribution in [-0.2, 0) is 11.2 Å². The lowest BCUT2D eigenvalue weighted by atomic mass is 10.0. The number of aliphatic hydroxyl groups is 1. The standard InChI is InChI=1S/C14H22O2/c1-10(2)16-9-14(15)8-13-6-11(3)5-12(4)7-13/h5-7,10,14-15H,8-9H2,1-4H3. The molecule has 2 heteroatoms. The van der Waals surface area contributed by atoms with Crippen LogP contribution in [0.4, 0.5) is 0 Å². The summed E-state index contributed by atoms with van der Waals surface area (Å²) >= 11 is 0. The molecule has 0 saturated carbocycles. The number of rotatable bonds is 5. The van der Waals surface area contributed by atoms with Gasteiger partial charge in [0.2, 0.25) is 0 Å². The first-order chi connectivity index (χ1) is 7.47. The SMILES string of the molecule is Cc1cc(C)cc(CC(O)COC(C)C)c1. The third-order valence-electron chi connectivity index (χ3n) is 2.37. The van der Waals surface area contributed by atoms with E-state index in [-0.39, 0.29) is 6.10 Å². The Balaban J connectivity index is 2.52. The molecular weight excluding hydrogens is 200 g/mol. The minimum absolute atomic E-state index is 0.175. The summed E-state index contributed by atoms with van der Waals surface area (Å²) in [6.45, 7) is 8.51. The molecule has 0 spiro atoms. The summed E-state index contributed by atoms with van der Waals surface area (Å²) in [5.74, 6) is 0. The highest BCUT2D eigenvalue weighted by Gasteiger charge is 2.07. The molecule has 1 aromatic rings. The van der Waals surface area contributed by atoms with Gasteiger partial charge in [0.05, 0.1) is 18.8 Å². The predicted octanol–water partition coefficient (Wildman–Crippen LogP) is 2.63. The summed E-state index contributed by atoms with van der Waals surface area (Å²) < 4.78 is 5.39. The lowest BCUT2D eigenvalue weighted by Crippen LogP contribution is -2.20. The van der Waals surface area contributed by atoms with Gasteiger partial charge in [-0.25, -0.2) is 0 Å². The van der Waals surface area contributed by atoms with Gasteiger partial charge in [-0.15, -0.1) is 0 Å². The molecule has 1 rings (SSSR count). The largest absolute Gasteiger partial charge is 0.390 e. The maximum Gasteiger partial charge on any atom is 0.0814 e. The molecule has 0 saturated heterocycles. The summed E-state index contributed by atoms with van der Waals surface area (Å²) in [5, 5.41) is 9.81. The zero-order valence-corrected chi connectivity index (χ0v) is 10.7. The van der Waals surface area contributed by atoms with Gasteiger partial charge in [0.25, 0.3) is 0 Å². The van der Waals surface area contributed by atoms with Crippen LogP contribution in [0.3, 0.4) is 0 Å². The summed E-state index contributed by atoms with van der Waals surface area (Å²) in [4.78, 5) is 0. The van der Waals surface area contributed by atoms with Crippen molar-refractivity contribution in [3.63, 3.8) is 0 Å². The minimum Gasteiger partial charge on any atom is -0.390 e. The Morgan fingerprint density at radius 2 is 1.69 bits per heavy atom. The van der Waals surface area contributed by atoms with Crippen molar-refractivity contribution in [3.8, 4) is 0 Å². The zero-order valence-electron chi connectivity index (χ0n) is 10.7. The van der Waals surface area contributed by atoms with E-state index in [0.717, 1.165) is 0 Å². The number of benzene rings is 1. The molecule has 0 heterocycles. The molecule has 1 unspecified atom stereocenters. The molecule has 2 nitrogen and oxygen atoms in total. The van der Waals surface area contributed by atoms with Crippen LogP contribution in [0.25, 0.3) is 0 Å². The fourth-order valence-electron chi connectivity index (χ4n) is 1.82. The Kier molecular flexibility index (Phi) is 4.97. The second-order valence-electron chi connectivity index (χ2n) is 4.74. The van der Waals surface area contributed by atoms with Crippen molar-refractivity contribution in [2.24, 2.45) is 0 Å². The molecule has 1 atom stereocenters. The van der Waals surface area contributed by atoms with Gasteiger partial charge in [-0.2, -0.15) is 0 Å². The van der Waals surface area contributed by atoms with Gasteiger partial charge in [-0.1, -0.05) is 29.3 Å². The van der Waals surface area contributed by atoms with Gasteiger partial charge >= 0.3 is 0 Å². The van der Waals surface area contributed by atoms with E-state index >= 15 is 0 Å². The highest BCUT2D eigenvalue weighted by molar-refractivity contribution is 5.28. The molecular formula is C14H22O2. The van der Waals surface area contributed by atoms with Crippen molar-refractivity contribution < 1.29 is 9.84 Å². The monoisotopic (exact) mass is 222 g/mol. The summed E-state index contributed by atoms with van der Waals surface area (Å²) in [7, 11) is 0. The predicted molar refractivity (Wildman–Crippen MR) is 66.7 cm³/mol. The number of hydrogen-bond acceptors (Lipinski definition) is 2. The Bertz CT molecular complexity index is 311. The fraction of sp³-hybridized carbons (Fsp3) is 0.571. The molecule has 0 amide bonds. The van der Waals surface area contributed by atoms with Crippen molar-refractivity contribution in [3.05, 3.63) is 34.9 Å². The molecule has 0 aliphatic carbocycles. The average Bonchev–Trinajstić information content (AvgIpc) is 2.12. The summed E-state index contributed by atoms with van der Waals surface area (Å²) in [6, 6.07) is 6.37. The molecule has 90 valence electrons. The van der Waals surface area contributed by atoms with Crippen molar-refractivity contribution in [2.75, 3.05) is 6.61 Å². The second-order valence-corrected chi connectivity index (χ2v) is 4.74. The summed E-state index contributed by atoms with van der Waals surface area (Å²) in [5.41, 5.74) is 3.66. The molecule has 1 aromatic carbocycles. The van der Waals surface area contributed by atoms with Crippen LogP contribution in [0, 0.1) is 13.8 Å². The van der Waals surface area contributed by atoms with Crippen molar-refractivity contribution in [1.82, 2.24) is 0 Å². The van der Waals surface area contributed by atoms with E-state index in [1.165, 1.54) is 16.7 Å². The van der Waals surface area contributed by atoms with Gasteiger partial charge in [0.15, 0.2) is 0 Å². The topological polar surface area (TPSA) is 29.5 Å². The first kappa shape index (κ1) is 13.2. The Morgan fingerprint density at radius 3 is 2.19 bits per heavy atom. The molecule has 0 aliphatic rings. The maximum absolute atomic E-state index is 9.81. The van der Waals surface area contributed by atoms with Crippen LogP contribution in [0.5, 0.6) is 0 Å². The Labute approximate surface area is 98.3 Å². The van der Waals surface area contributed by atoms with Crippen LogP contribution in [-0.4, -0.2) is 23.9 Å². The third-order valence-corrected chi connectivity index (χ3v) is 2.37. The number of ether oxygens (including phenoxy) is 1. The molecule has 16 heavy (non-hydrogen) atoms. The van der Waals surface area contributed by atoms with Gasteiger partial charge < -0.3 is 9.84 Å². The second kappa shape index (κ2) is 6.02. The normalized spacial score (nSPS) is 13.1. The van der Waals surface area contributed by atoms with Crippen LogP contribution < -0.4 is 0 Å². The van der Waals surface area contributed by atoms with E-state index in [4.69, 9.17) is 4.74 Å². The van der Waals surface area contributed by atoms with E-state index in [1.807, 2.05) is 13.8 Å². The fourth-order valence-corrected chi connectivity index (χ4v) is 1.82. The molecule has 0 radical (unpaired) electrons. The van der Waals surface area contributed by atoms with Crippen molar-refractivity contribution in [2.45, 2.75) is 46.3 Å². The quantitative estimate of drug-likeness (QED) is 0.830. The molecule has 1 N–H and O–H groups in total. The van der Waals surface area contributed by atoms with Crippen molar-refractivity contribution in [1.29, 1.82) is 0 Å². The maximum atomic E-state index is 9.81. The molecule has 0 aromatic heterocycles. The molecule has 0 aliphatic heterocycles. The van der Waals surface area contributed by atoms with E-state index in [2.05, 4.69) is 32.0 Å². The third kappa shape index (κ3) is 4.77. The average molecular weight is 222 g/mol. The number of aliphatic hydroxyl groups excluding tert-OH is 1. The van der Waals surface area contributed by atoms with E-state index in [9.17, 15) is 5.11 Å². The van der Waals surface area contributed by atoms with Gasteiger partial charge in [0, 0.05) is 6.42 Å². The van der Waals surface area contributed by atoms with Crippen LogP contribution in [0.2, 0.25) is 0 Å². The van der Waals surface area contributed by atoms with E-state index in [0.29, 0.717) is 13.0 Å². The van der Waals surface area contributed by atoms with Crippen LogP contribution in [0.1, 0.15) is 30.5 Å². The minimum atomic E-state index is -0.413. The van der Waals surface area contributed by atoms with Gasteiger partial charge in [0.1, 0.15) is 0 Å². The number of aryl methyl sites for hydroxylation is 2. The lowest BCUT2D eigenvalue weighted by Gasteiger charge is -2.14. The highest BCUT2D eigenvalue weighted by atomic mass is 16.5. The molecule has 0 fully saturated rings. The van der Waals surface area contributed by atoms with Crippen LogP contribution >= 0.6 is 0 Å². The van der Waals surface area contributed by atoms with Gasteiger partial charge in [-0.05, 0) is 33.3 Å². The Morgan fingerprint density at radius 1 is 1.12 bits per heavy atom.